The van der Waals surface area contributed by atoms with Crippen molar-refractivity contribution in [2.24, 2.45) is 17.3 Å². The van der Waals surface area contributed by atoms with Crippen molar-refractivity contribution in [2.45, 2.75) is 84.3 Å². The van der Waals surface area contributed by atoms with Gasteiger partial charge in [0.1, 0.15) is 0 Å². The van der Waals surface area contributed by atoms with Crippen molar-refractivity contribution < 1.29 is 4.21 Å². The van der Waals surface area contributed by atoms with Crippen molar-refractivity contribution in [3.63, 3.8) is 0 Å². The monoisotopic (exact) mass is 301 g/mol. The van der Waals surface area contributed by atoms with E-state index in [1.165, 1.54) is 12.8 Å². The van der Waals surface area contributed by atoms with E-state index in [2.05, 4.69) is 53.8 Å². The molecular formula is C17H35NOS. The van der Waals surface area contributed by atoms with Crippen molar-refractivity contribution in [3.8, 4) is 0 Å². The zero-order chi connectivity index (χ0) is 15.5. The standard InChI is InChI=1S/C17H35NOS/c1-8-18-15-10-9-14(17(5,6)7)11-16(15)20(19)13(4)12(2)3/h12-16,18H,8-11H2,1-7H3. The molecule has 0 aromatic heterocycles. The lowest BCUT2D eigenvalue weighted by Gasteiger charge is -2.42. The van der Waals surface area contributed by atoms with Crippen molar-refractivity contribution in [1.82, 2.24) is 5.32 Å². The lowest BCUT2D eigenvalue weighted by molar-refractivity contribution is 0.164. The van der Waals surface area contributed by atoms with E-state index in [-0.39, 0.29) is 0 Å². The first kappa shape index (κ1) is 18.2. The lowest BCUT2D eigenvalue weighted by atomic mass is 9.71. The van der Waals surface area contributed by atoms with Crippen molar-refractivity contribution >= 4 is 10.8 Å². The first-order valence-corrected chi connectivity index (χ1v) is 9.58. The summed E-state index contributed by atoms with van der Waals surface area (Å²) in [6.45, 7) is 16.7. The van der Waals surface area contributed by atoms with Crippen LogP contribution in [-0.4, -0.2) is 27.3 Å². The van der Waals surface area contributed by atoms with Crippen LogP contribution in [0.4, 0.5) is 0 Å². The SMILES string of the molecule is CCNC1CCC(C(C)(C)C)CC1S(=O)C(C)C(C)C. The predicted molar refractivity (Wildman–Crippen MR) is 90.5 cm³/mol. The molecule has 5 unspecified atom stereocenters. The van der Waals surface area contributed by atoms with Gasteiger partial charge in [-0.3, -0.25) is 4.21 Å². The van der Waals surface area contributed by atoms with Gasteiger partial charge < -0.3 is 5.32 Å². The molecule has 0 bridgehead atoms. The van der Waals surface area contributed by atoms with Crippen LogP contribution in [0, 0.1) is 17.3 Å². The molecule has 1 fully saturated rings. The van der Waals surface area contributed by atoms with E-state index >= 15 is 0 Å². The zero-order valence-corrected chi connectivity index (χ0v) is 15.3. The molecule has 0 heterocycles. The van der Waals surface area contributed by atoms with Crippen LogP contribution in [0.5, 0.6) is 0 Å². The maximum atomic E-state index is 13.0. The molecule has 0 radical (unpaired) electrons. The summed E-state index contributed by atoms with van der Waals surface area (Å²) >= 11 is 0. The van der Waals surface area contributed by atoms with E-state index in [1.807, 2.05) is 0 Å². The second-order valence-electron chi connectivity index (χ2n) is 7.86. The van der Waals surface area contributed by atoms with Gasteiger partial charge in [-0.25, -0.2) is 0 Å². The second-order valence-corrected chi connectivity index (χ2v) is 9.86. The Balaban J connectivity index is 2.86. The average Bonchev–Trinajstić information content (AvgIpc) is 2.36. The van der Waals surface area contributed by atoms with E-state index in [1.54, 1.807) is 0 Å². The molecular weight excluding hydrogens is 266 g/mol. The van der Waals surface area contributed by atoms with Gasteiger partial charge in [0.2, 0.25) is 0 Å². The Hall–Kier alpha value is 0.110. The summed E-state index contributed by atoms with van der Waals surface area (Å²) in [5.41, 5.74) is 0.334. The molecule has 2 nitrogen and oxygen atoms in total. The first-order chi connectivity index (χ1) is 9.18. The normalized spacial score (nSPS) is 31.3. The highest BCUT2D eigenvalue weighted by molar-refractivity contribution is 7.86. The van der Waals surface area contributed by atoms with Crippen LogP contribution < -0.4 is 5.32 Å². The van der Waals surface area contributed by atoms with Crippen molar-refractivity contribution in [2.75, 3.05) is 6.54 Å². The summed E-state index contributed by atoms with van der Waals surface area (Å²) in [7, 11) is -0.731. The third-order valence-corrected chi connectivity index (χ3v) is 7.48. The van der Waals surface area contributed by atoms with Gasteiger partial charge in [-0.05, 0) is 43.1 Å². The van der Waals surface area contributed by atoms with Crippen LogP contribution in [-0.2, 0) is 10.8 Å². The van der Waals surface area contributed by atoms with E-state index in [0.717, 1.165) is 13.0 Å². The summed E-state index contributed by atoms with van der Waals surface area (Å²) in [5, 5.41) is 4.20. The molecule has 0 saturated heterocycles. The highest BCUT2D eigenvalue weighted by Gasteiger charge is 2.39. The molecule has 20 heavy (non-hydrogen) atoms. The van der Waals surface area contributed by atoms with Gasteiger partial charge in [-0.15, -0.1) is 0 Å². The minimum atomic E-state index is -0.731. The Morgan fingerprint density at radius 3 is 2.25 bits per heavy atom. The van der Waals surface area contributed by atoms with Crippen LogP contribution >= 0.6 is 0 Å². The van der Waals surface area contributed by atoms with Crippen LogP contribution in [0.25, 0.3) is 0 Å². The maximum absolute atomic E-state index is 13.0. The number of nitrogens with one attached hydrogen (secondary N) is 1. The third-order valence-electron chi connectivity index (χ3n) is 5.09. The molecule has 1 N–H and O–H groups in total. The molecule has 1 saturated carbocycles. The summed E-state index contributed by atoms with van der Waals surface area (Å²) in [5.74, 6) is 1.19. The predicted octanol–water partition coefficient (Wildman–Crippen LogP) is 3.97. The van der Waals surface area contributed by atoms with Gasteiger partial charge >= 0.3 is 0 Å². The van der Waals surface area contributed by atoms with Gasteiger partial charge in [0, 0.05) is 22.1 Å². The molecule has 0 aromatic carbocycles. The summed E-state index contributed by atoms with van der Waals surface area (Å²) in [6.07, 6.45) is 3.56. The zero-order valence-electron chi connectivity index (χ0n) is 14.5. The quantitative estimate of drug-likeness (QED) is 0.832. The molecule has 1 aliphatic carbocycles. The Bertz CT molecular complexity index is 321. The van der Waals surface area contributed by atoms with E-state index in [0.29, 0.717) is 33.8 Å². The molecule has 1 rings (SSSR count). The fraction of sp³-hybridized carbons (Fsp3) is 1.00. The highest BCUT2D eigenvalue weighted by atomic mass is 32.2. The van der Waals surface area contributed by atoms with E-state index < -0.39 is 10.8 Å². The topological polar surface area (TPSA) is 29.1 Å². The Morgan fingerprint density at radius 1 is 1.20 bits per heavy atom. The molecule has 0 aliphatic heterocycles. The van der Waals surface area contributed by atoms with E-state index in [4.69, 9.17) is 0 Å². The van der Waals surface area contributed by atoms with Crippen molar-refractivity contribution in [1.29, 1.82) is 0 Å². The molecule has 0 amide bonds. The molecule has 1 aliphatic rings. The van der Waals surface area contributed by atoms with Crippen LogP contribution in [0.1, 0.15) is 67.7 Å². The van der Waals surface area contributed by atoms with Crippen LogP contribution in [0.15, 0.2) is 0 Å². The summed E-state index contributed by atoms with van der Waals surface area (Å²) in [4.78, 5) is 0. The molecule has 0 aromatic rings. The van der Waals surface area contributed by atoms with Gasteiger partial charge in [0.25, 0.3) is 0 Å². The third kappa shape index (κ3) is 4.56. The van der Waals surface area contributed by atoms with E-state index in [9.17, 15) is 4.21 Å². The van der Waals surface area contributed by atoms with Crippen LogP contribution in [0.3, 0.4) is 0 Å². The van der Waals surface area contributed by atoms with Gasteiger partial charge in [0.15, 0.2) is 0 Å². The summed E-state index contributed by atoms with van der Waals surface area (Å²) < 4.78 is 13.0. The van der Waals surface area contributed by atoms with Crippen LogP contribution in [0.2, 0.25) is 0 Å². The van der Waals surface area contributed by atoms with Gasteiger partial charge in [-0.2, -0.15) is 0 Å². The summed E-state index contributed by atoms with van der Waals surface area (Å²) in [6, 6.07) is 0.445. The number of hydrogen-bond acceptors (Lipinski definition) is 2. The second kappa shape index (κ2) is 7.40. The molecule has 0 spiro atoms. The minimum absolute atomic E-state index is 0.292. The molecule has 5 atom stereocenters. The highest BCUT2D eigenvalue weighted by Crippen LogP contribution is 2.40. The van der Waals surface area contributed by atoms with Gasteiger partial charge in [-0.1, -0.05) is 48.5 Å². The molecule has 3 heteroatoms. The Morgan fingerprint density at radius 2 is 1.80 bits per heavy atom. The van der Waals surface area contributed by atoms with Crippen molar-refractivity contribution in [3.05, 3.63) is 0 Å². The number of rotatable bonds is 5. The van der Waals surface area contributed by atoms with Gasteiger partial charge in [0.05, 0.1) is 5.25 Å². The fourth-order valence-corrected chi connectivity index (χ4v) is 5.28. The largest absolute Gasteiger partial charge is 0.313 e. The average molecular weight is 302 g/mol. The fourth-order valence-electron chi connectivity index (χ4n) is 3.21. The Kier molecular flexibility index (Phi) is 6.72. The maximum Gasteiger partial charge on any atom is 0.0506 e. The smallest absolute Gasteiger partial charge is 0.0506 e. The lowest BCUT2D eigenvalue weighted by Crippen LogP contribution is -2.50. The first-order valence-electron chi connectivity index (χ1n) is 8.31. The Labute approximate surface area is 128 Å². The molecule has 120 valence electrons. The number of hydrogen-bond donors (Lipinski definition) is 1. The minimum Gasteiger partial charge on any atom is -0.313 e.